The number of halogens is 2. The molecule has 1 aliphatic heterocycles. The van der Waals surface area contributed by atoms with Crippen LogP contribution in [0.25, 0.3) is 5.70 Å². The maximum absolute atomic E-state index is 6.28. The first kappa shape index (κ1) is 16.2. The Bertz CT molecular complexity index is 741. The highest BCUT2D eigenvalue weighted by Crippen LogP contribution is 2.37. The molecule has 3 rings (SSSR count). The van der Waals surface area contributed by atoms with Gasteiger partial charge in [0.05, 0.1) is 23.4 Å². The van der Waals surface area contributed by atoms with Gasteiger partial charge in [-0.25, -0.2) is 5.43 Å². The Morgan fingerprint density at radius 2 is 1.87 bits per heavy atom. The van der Waals surface area contributed by atoms with Crippen molar-refractivity contribution >= 4 is 28.9 Å². The SMILES string of the molecule is CCOc1c(Cl)cc(Cl)cc1C1=C[C@H](c2ccc(C)cc2)NN1. The summed E-state index contributed by atoms with van der Waals surface area (Å²) < 4.78 is 5.69. The fraction of sp³-hybridized carbons (Fsp3) is 0.222. The van der Waals surface area contributed by atoms with E-state index in [1.54, 1.807) is 6.07 Å². The normalized spacial score (nSPS) is 16.9. The van der Waals surface area contributed by atoms with Crippen LogP contribution >= 0.6 is 23.2 Å². The van der Waals surface area contributed by atoms with Gasteiger partial charge in [0, 0.05) is 10.6 Å². The van der Waals surface area contributed by atoms with E-state index in [1.807, 2.05) is 13.0 Å². The molecule has 0 aliphatic carbocycles. The van der Waals surface area contributed by atoms with Crippen LogP contribution in [0.4, 0.5) is 0 Å². The molecule has 0 aromatic heterocycles. The second-order valence-electron chi connectivity index (χ2n) is 5.44. The van der Waals surface area contributed by atoms with Crippen molar-refractivity contribution in [2.45, 2.75) is 19.9 Å². The molecule has 0 saturated heterocycles. The van der Waals surface area contributed by atoms with Crippen molar-refractivity contribution in [2.75, 3.05) is 6.61 Å². The Kier molecular flexibility index (Phi) is 4.81. The minimum absolute atomic E-state index is 0.0813. The highest BCUT2D eigenvalue weighted by atomic mass is 35.5. The van der Waals surface area contributed by atoms with E-state index in [1.165, 1.54) is 11.1 Å². The van der Waals surface area contributed by atoms with E-state index in [2.05, 4.69) is 48.1 Å². The number of aryl methyl sites for hydroxylation is 1. The summed E-state index contributed by atoms with van der Waals surface area (Å²) in [5.41, 5.74) is 10.7. The molecule has 2 N–H and O–H groups in total. The fourth-order valence-corrected chi connectivity index (χ4v) is 3.12. The van der Waals surface area contributed by atoms with E-state index < -0.39 is 0 Å². The average molecular weight is 349 g/mol. The molecule has 5 heteroatoms. The Hall–Kier alpha value is -1.68. The van der Waals surface area contributed by atoms with E-state index >= 15 is 0 Å². The van der Waals surface area contributed by atoms with E-state index in [0.29, 0.717) is 22.4 Å². The van der Waals surface area contributed by atoms with Crippen molar-refractivity contribution in [2.24, 2.45) is 0 Å². The molecule has 2 aromatic carbocycles. The van der Waals surface area contributed by atoms with Crippen LogP contribution in [-0.2, 0) is 0 Å². The zero-order chi connectivity index (χ0) is 16.4. The zero-order valence-electron chi connectivity index (χ0n) is 13.0. The number of benzene rings is 2. The molecule has 1 aliphatic rings. The average Bonchev–Trinajstić information content (AvgIpc) is 3.00. The van der Waals surface area contributed by atoms with Gasteiger partial charge in [-0.1, -0.05) is 53.0 Å². The smallest absolute Gasteiger partial charge is 0.147 e. The Balaban J connectivity index is 1.96. The molecule has 0 bridgehead atoms. The van der Waals surface area contributed by atoms with E-state index in [9.17, 15) is 0 Å². The number of hydrogen-bond acceptors (Lipinski definition) is 3. The van der Waals surface area contributed by atoms with Crippen LogP contribution in [0.15, 0.2) is 42.5 Å². The van der Waals surface area contributed by atoms with Gasteiger partial charge in [0.2, 0.25) is 0 Å². The first-order valence-electron chi connectivity index (χ1n) is 7.50. The van der Waals surface area contributed by atoms with Gasteiger partial charge in [-0.15, -0.1) is 0 Å². The van der Waals surface area contributed by atoms with Crippen molar-refractivity contribution in [3.05, 3.63) is 69.2 Å². The summed E-state index contributed by atoms with van der Waals surface area (Å²) >= 11 is 12.4. The van der Waals surface area contributed by atoms with Gasteiger partial charge in [0.1, 0.15) is 5.75 Å². The van der Waals surface area contributed by atoms with Crippen LogP contribution in [-0.4, -0.2) is 6.61 Å². The summed E-state index contributed by atoms with van der Waals surface area (Å²) in [5, 5.41) is 1.09. The Morgan fingerprint density at radius 3 is 2.57 bits per heavy atom. The van der Waals surface area contributed by atoms with Crippen LogP contribution in [0.2, 0.25) is 10.0 Å². The van der Waals surface area contributed by atoms with Crippen molar-refractivity contribution in [3.63, 3.8) is 0 Å². The van der Waals surface area contributed by atoms with Crippen molar-refractivity contribution in [3.8, 4) is 5.75 Å². The minimum Gasteiger partial charge on any atom is -0.492 e. The first-order chi connectivity index (χ1) is 11.1. The highest BCUT2D eigenvalue weighted by Gasteiger charge is 2.21. The third-order valence-electron chi connectivity index (χ3n) is 3.72. The molecule has 120 valence electrons. The van der Waals surface area contributed by atoms with Gasteiger partial charge in [-0.3, -0.25) is 0 Å². The molecule has 0 fully saturated rings. The number of ether oxygens (including phenoxy) is 1. The summed E-state index contributed by atoms with van der Waals surface area (Å²) in [6.45, 7) is 4.54. The molecule has 2 aromatic rings. The molecule has 23 heavy (non-hydrogen) atoms. The highest BCUT2D eigenvalue weighted by molar-refractivity contribution is 6.36. The zero-order valence-corrected chi connectivity index (χ0v) is 14.5. The maximum atomic E-state index is 6.28. The molecule has 0 amide bonds. The van der Waals surface area contributed by atoms with E-state index in [4.69, 9.17) is 27.9 Å². The molecule has 0 spiro atoms. The second kappa shape index (κ2) is 6.83. The summed E-state index contributed by atoms with van der Waals surface area (Å²) in [6, 6.07) is 12.1. The summed E-state index contributed by atoms with van der Waals surface area (Å²) in [7, 11) is 0. The van der Waals surface area contributed by atoms with E-state index in [-0.39, 0.29) is 6.04 Å². The maximum Gasteiger partial charge on any atom is 0.147 e. The van der Waals surface area contributed by atoms with Gasteiger partial charge >= 0.3 is 0 Å². The van der Waals surface area contributed by atoms with E-state index in [0.717, 1.165) is 11.3 Å². The van der Waals surface area contributed by atoms with Gasteiger partial charge in [-0.05, 0) is 37.6 Å². The predicted molar refractivity (Wildman–Crippen MR) is 95.8 cm³/mol. The number of hydrogen-bond donors (Lipinski definition) is 2. The fourth-order valence-electron chi connectivity index (χ4n) is 2.57. The summed E-state index contributed by atoms with van der Waals surface area (Å²) in [6.07, 6.45) is 2.11. The summed E-state index contributed by atoms with van der Waals surface area (Å²) in [4.78, 5) is 0. The lowest BCUT2D eigenvalue weighted by atomic mass is 10.0. The molecule has 0 unspecified atom stereocenters. The monoisotopic (exact) mass is 348 g/mol. The van der Waals surface area contributed by atoms with Gasteiger partial charge in [0.25, 0.3) is 0 Å². The Labute approximate surface area is 146 Å². The van der Waals surface area contributed by atoms with Crippen molar-refractivity contribution in [1.82, 2.24) is 10.9 Å². The van der Waals surface area contributed by atoms with Gasteiger partial charge < -0.3 is 10.2 Å². The first-order valence-corrected chi connectivity index (χ1v) is 8.26. The van der Waals surface area contributed by atoms with Crippen LogP contribution in [0, 0.1) is 6.92 Å². The molecule has 0 saturated carbocycles. The van der Waals surface area contributed by atoms with Crippen molar-refractivity contribution in [1.29, 1.82) is 0 Å². The third-order valence-corrected chi connectivity index (χ3v) is 4.22. The predicted octanol–water partition coefficient (Wildman–Crippen LogP) is 4.89. The van der Waals surface area contributed by atoms with Gasteiger partial charge in [0.15, 0.2) is 0 Å². The summed E-state index contributed by atoms with van der Waals surface area (Å²) in [5.74, 6) is 0.642. The molecular weight excluding hydrogens is 331 g/mol. The second-order valence-corrected chi connectivity index (χ2v) is 6.28. The topological polar surface area (TPSA) is 33.3 Å². The quantitative estimate of drug-likeness (QED) is 0.825. The molecular formula is C18H18Cl2N2O. The number of nitrogens with one attached hydrogen (secondary N) is 2. The number of rotatable bonds is 4. The van der Waals surface area contributed by atoms with Crippen LogP contribution in [0.3, 0.4) is 0 Å². The van der Waals surface area contributed by atoms with Crippen LogP contribution < -0.4 is 15.6 Å². The molecule has 3 nitrogen and oxygen atoms in total. The molecule has 0 radical (unpaired) electrons. The molecule has 1 atom stereocenters. The largest absolute Gasteiger partial charge is 0.492 e. The number of hydrazine groups is 1. The third kappa shape index (κ3) is 3.47. The lowest BCUT2D eigenvalue weighted by Crippen LogP contribution is -2.26. The lowest BCUT2D eigenvalue weighted by Gasteiger charge is -2.14. The minimum atomic E-state index is 0.0813. The lowest BCUT2D eigenvalue weighted by molar-refractivity contribution is 0.339. The van der Waals surface area contributed by atoms with Crippen molar-refractivity contribution < 1.29 is 4.74 Å². The van der Waals surface area contributed by atoms with Gasteiger partial charge in [-0.2, -0.15) is 0 Å². The Morgan fingerprint density at radius 1 is 1.13 bits per heavy atom. The standard InChI is InChI=1S/C18H18Cl2N2O/c1-3-23-18-14(8-13(19)9-15(18)20)17-10-16(21-22-17)12-6-4-11(2)5-7-12/h4-10,16,21-22H,3H2,1-2H3/t16-/m1/s1. The van der Waals surface area contributed by atoms with Crippen LogP contribution in [0.5, 0.6) is 5.75 Å². The molecule has 1 heterocycles. The van der Waals surface area contributed by atoms with Crippen LogP contribution in [0.1, 0.15) is 29.7 Å².